The average molecular weight is 362 g/mol. The second-order valence-corrected chi connectivity index (χ2v) is 6.81. The van der Waals surface area contributed by atoms with Gasteiger partial charge in [0.1, 0.15) is 11.6 Å². The molecule has 25 heavy (non-hydrogen) atoms. The Morgan fingerprint density at radius 1 is 1.32 bits per heavy atom. The van der Waals surface area contributed by atoms with Gasteiger partial charge in [-0.2, -0.15) is 0 Å². The third-order valence-electron chi connectivity index (χ3n) is 4.36. The highest BCUT2D eigenvalue weighted by Gasteiger charge is 2.23. The van der Waals surface area contributed by atoms with Crippen LogP contribution in [0.3, 0.4) is 0 Å². The molecule has 2 aromatic heterocycles. The fourth-order valence-electron chi connectivity index (χ4n) is 3.14. The zero-order chi connectivity index (χ0) is 17.6. The van der Waals surface area contributed by atoms with Crippen LogP contribution < -0.4 is 5.32 Å². The van der Waals surface area contributed by atoms with Crippen molar-refractivity contribution in [3.05, 3.63) is 23.9 Å². The number of hydrogen-bond acceptors (Lipinski definition) is 7. The van der Waals surface area contributed by atoms with Crippen LogP contribution in [0, 0.1) is 0 Å². The number of anilines is 1. The van der Waals surface area contributed by atoms with Crippen molar-refractivity contribution in [1.82, 2.24) is 24.7 Å². The molecule has 0 bridgehead atoms. The molecule has 0 radical (unpaired) electrons. The minimum atomic E-state index is -1.07. The lowest BCUT2D eigenvalue weighted by atomic mass is 10.2. The van der Waals surface area contributed by atoms with E-state index in [4.69, 9.17) is 5.11 Å². The first-order valence-corrected chi connectivity index (χ1v) is 9.68. The second kappa shape index (κ2) is 8.28. The predicted molar refractivity (Wildman–Crippen MR) is 95.1 cm³/mol. The summed E-state index contributed by atoms with van der Waals surface area (Å²) in [5.74, 6) is 0.548. The van der Waals surface area contributed by atoms with Gasteiger partial charge in [-0.15, -0.1) is 10.2 Å². The molecule has 0 aromatic carbocycles. The topological polar surface area (TPSA) is 106 Å². The first kappa shape index (κ1) is 17.7. The Balaban J connectivity index is 1.53. The van der Waals surface area contributed by atoms with Gasteiger partial charge in [-0.05, 0) is 25.5 Å². The number of aromatic nitrogens is 5. The highest BCUT2D eigenvalue weighted by Crippen LogP contribution is 2.33. The van der Waals surface area contributed by atoms with Crippen molar-refractivity contribution in [2.75, 3.05) is 18.1 Å². The molecule has 1 aliphatic rings. The molecule has 0 spiro atoms. The van der Waals surface area contributed by atoms with E-state index in [1.165, 1.54) is 38.1 Å². The van der Waals surface area contributed by atoms with Crippen LogP contribution in [-0.2, 0) is 6.42 Å². The van der Waals surface area contributed by atoms with Crippen molar-refractivity contribution >= 4 is 23.5 Å². The summed E-state index contributed by atoms with van der Waals surface area (Å²) >= 11 is 1.65. The van der Waals surface area contributed by atoms with E-state index in [0.717, 1.165) is 23.8 Å². The number of carbonyl (C=O) groups is 1. The van der Waals surface area contributed by atoms with Gasteiger partial charge in [0.15, 0.2) is 10.9 Å². The van der Waals surface area contributed by atoms with Crippen LogP contribution in [0.2, 0.25) is 0 Å². The summed E-state index contributed by atoms with van der Waals surface area (Å²) in [6.07, 6.45) is 11.5. The van der Waals surface area contributed by atoms with Crippen molar-refractivity contribution < 1.29 is 9.90 Å². The summed E-state index contributed by atoms with van der Waals surface area (Å²) in [6.45, 7) is 0.716. The standard InChI is InChI=1S/C16H22N6O2S/c1-25-16-21-20-14(22(16)11-5-2-3-6-11)7-4-8-17-13-10-18-12(9-19-13)15(23)24/h9-11H,2-8H2,1H3,(H,17,19)(H,23,24). The highest BCUT2D eigenvalue weighted by molar-refractivity contribution is 7.98. The summed E-state index contributed by atoms with van der Waals surface area (Å²) in [5, 5.41) is 21.7. The quantitative estimate of drug-likeness (QED) is 0.545. The highest BCUT2D eigenvalue weighted by atomic mass is 32.2. The number of thioether (sulfide) groups is 1. The fourth-order valence-corrected chi connectivity index (χ4v) is 3.71. The van der Waals surface area contributed by atoms with E-state index in [2.05, 4.69) is 30.0 Å². The lowest BCUT2D eigenvalue weighted by Gasteiger charge is -2.16. The van der Waals surface area contributed by atoms with Gasteiger partial charge in [0, 0.05) is 19.0 Å². The molecular formula is C16H22N6O2S. The normalized spacial score (nSPS) is 14.8. The first-order valence-electron chi connectivity index (χ1n) is 8.46. The Bertz CT molecular complexity index is 712. The maximum absolute atomic E-state index is 10.8. The van der Waals surface area contributed by atoms with Crippen molar-refractivity contribution in [2.45, 2.75) is 49.7 Å². The van der Waals surface area contributed by atoms with Gasteiger partial charge < -0.3 is 15.0 Å². The van der Waals surface area contributed by atoms with Gasteiger partial charge in [-0.3, -0.25) is 0 Å². The maximum atomic E-state index is 10.8. The van der Waals surface area contributed by atoms with Crippen LogP contribution in [0.1, 0.15) is 54.5 Å². The SMILES string of the molecule is CSc1nnc(CCCNc2cnc(C(=O)O)cn2)n1C1CCCC1. The summed E-state index contributed by atoms with van der Waals surface area (Å²) < 4.78 is 2.32. The molecule has 0 saturated heterocycles. The number of nitrogens with one attached hydrogen (secondary N) is 1. The minimum absolute atomic E-state index is 0.0557. The number of hydrogen-bond donors (Lipinski definition) is 2. The molecule has 8 nitrogen and oxygen atoms in total. The van der Waals surface area contributed by atoms with E-state index in [9.17, 15) is 4.79 Å². The van der Waals surface area contributed by atoms with Crippen LogP contribution >= 0.6 is 11.8 Å². The molecule has 0 amide bonds. The molecular weight excluding hydrogens is 340 g/mol. The number of rotatable bonds is 8. The summed E-state index contributed by atoms with van der Waals surface area (Å²) in [4.78, 5) is 18.7. The molecule has 2 heterocycles. The third kappa shape index (κ3) is 4.28. The number of aromatic carboxylic acids is 1. The van der Waals surface area contributed by atoms with Crippen LogP contribution in [0.15, 0.2) is 17.6 Å². The molecule has 2 aromatic rings. The first-order chi connectivity index (χ1) is 12.2. The Kier molecular flexibility index (Phi) is 5.85. The summed E-state index contributed by atoms with van der Waals surface area (Å²) in [5.41, 5.74) is -0.0557. The van der Waals surface area contributed by atoms with E-state index in [1.54, 1.807) is 11.8 Å². The van der Waals surface area contributed by atoms with E-state index in [-0.39, 0.29) is 5.69 Å². The van der Waals surface area contributed by atoms with Gasteiger partial charge in [-0.1, -0.05) is 24.6 Å². The molecule has 9 heteroatoms. The van der Waals surface area contributed by atoms with Crippen molar-refractivity contribution in [3.63, 3.8) is 0 Å². The largest absolute Gasteiger partial charge is 0.476 e. The van der Waals surface area contributed by atoms with Gasteiger partial charge in [-0.25, -0.2) is 14.8 Å². The molecule has 1 fully saturated rings. The molecule has 1 aliphatic carbocycles. The smallest absolute Gasteiger partial charge is 0.356 e. The molecule has 0 aliphatic heterocycles. The Hall–Kier alpha value is -2.16. The Labute approximate surface area is 150 Å². The van der Waals surface area contributed by atoms with Crippen LogP contribution in [0.4, 0.5) is 5.82 Å². The number of aryl methyl sites for hydroxylation is 1. The zero-order valence-corrected chi connectivity index (χ0v) is 15.0. The molecule has 1 saturated carbocycles. The van der Waals surface area contributed by atoms with Gasteiger partial charge in [0.2, 0.25) is 0 Å². The fraction of sp³-hybridized carbons (Fsp3) is 0.562. The molecule has 0 atom stereocenters. The molecule has 3 rings (SSSR count). The van der Waals surface area contributed by atoms with E-state index in [1.807, 2.05) is 6.26 Å². The summed E-state index contributed by atoms with van der Waals surface area (Å²) in [7, 11) is 0. The van der Waals surface area contributed by atoms with Crippen LogP contribution in [0.25, 0.3) is 0 Å². The van der Waals surface area contributed by atoms with Gasteiger partial charge in [0.25, 0.3) is 0 Å². The van der Waals surface area contributed by atoms with Crippen molar-refractivity contribution in [1.29, 1.82) is 0 Å². The zero-order valence-electron chi connectivity index (χ0n) is 14.2. The molecule has 134 valence electrons. The number of nitrogens with zero attached hydrogens (tertiary/aromatic N) is 5. The van der Waals surface area contributed by atoms with Gasteiger partial charge in [0.05, 0.1) is 12.4 Å². The molecule has 0 unspecified atom stereocenters. The van der Waals surface area contributed by atoms with E-state index >= 15 is 0 Å². The average Bonchev–Trinajstić information content (AvgIpc) is 3.28. The summed E-state index contributed by atoms with van der Waals surface area (Å²) in [6, 6.07) is 0.537. The van der Waals surface area contributed by atoms with Crippen molar-refractivity contribution in [2.24, 2.45) is 0 Å². The van der Waals surface area contributed by atoms with Crippen molar-refractivity contribution in [3.8, 4) is 0 Å². The van der Waals surface area contributed by atoms with E-state index in [0.29, 0.717) is 18.4 Å². The van der Waals surface area contributed by atoms with E-state index < -0.39 is 5.97 Å². The predicted octanol–water partition coefficient (Wildman–Crippen LogP) is 2.65. The Morgan fingerprint density at radius 3 is 2.76 bits per heavy atom. The molecule has 2 N–H and O–H groups in total. The van der Waals surface area contributed by atoms with Crippen LogP contribution in [-0.4, -0.2) is 48.6 Å². The lowest BCUT2D eigenvalue weighted by molar-refractivity contribution is 0.0690. The Morgan fingerprint density at radius 2 is 2.12 bits per heavy atom. The minimum Gasteiger partial charge on any atom is -0.476 e. The second-order valence-electron chi connectivity index (χ2n) is 6.03. The number of carboxylic acid groups (broad SMARTS) is 1. The third-order valence-corrected chi connectivity index (χ3v) is 5.01. The lowest BCUT2D eigenvalue weighted by Crippen LogP contribution is -2.12. The number of carboxylic acids is 1. The maximum Gasteiger partial charge on any atom is 0.356 e. The van der Waals surface area contributed by atoms with Gasteiger partial charge >= 0.3 is 5.97 Å². The van der Waals surface area contributed by atoms with Crippen LogP contribution in [0.5, 0.6) is 0 Å². The monoisotopic (exact) mass is 362 g/mol.